The van der Waals surface area contributed by atoms with E-state index >= 15 is 0 Å². The van der Waals surface area contributed by atoms with Gasteiger partial charge in [-0.15, -0.1) is 17.2 Å². The first-order valence-electron chi connectivity index (χ1n) is 14.7. The lowest BCUT2D eigenvalue weighted by atomic mass is 10.1. The number of fused-ring (bicyclic) bond motifs is 4. The van der Waals surface area contributed by atoms with Crippen molar-refractivity contribution in [2.24, 2.45) is 0 Å². The zero-order valence-electron chi connectivity index (χ0n) is 23.9. The summed E-state index contributed by atoms with van der Waals surface area (Å²) in [6, 6.07) is 25.5. The van der Waals surface area contributed by atoms with Gasteiger partial charge in [0.2, 0.25) is 16.8 Å². The summed E-state index contributed by atoms with van der Waals surface area (Å²) in [4.78, 5) is 2.23. The van der Waals surface area contributed by atoms with E-state index in [9.17, 15) is 0 Å². The van der Waals surface area contributed by atoms with Gasteiger partial charge in [-0.2, -0.15) is 12.6 Å². The largest absolute Gasteiger partial charge is 0.439 e. The number of thiol groups is 2. The third-order valence-electron chi connectivity index (χ3n) is 7.79. The molecule has 0 bridgehead atoms. The lowest BCUT2D eigenvalue weighted by Gasteiger charge is -2.25. The van der Waals surface area contributed by atoms with Gasteiger partial charge in [0.25, 0.3) is 5.52 Å². The number of aromatic nitrogens is 1. The molecular weight excluding hydrogens is 545 g/mol. The second-order valence-corrected chi connectivity index (χ2v) is 11.9. The summed E-state index contributed by atoms with van der Waals surface area (Å²) in [6.45, 7) is 6.55. The Labute approximate surface area is 253 Å². The number of hydrogen-bond donors (Lipinski definition) is 2. The van der Waals surface area contributed by atoms with Crippen molar-refractivity contribution in [3.63, 3.8) is 0 Å². The fourth-order valence-electron chi connectivity index (χ4n) is 5.67. The minimum absolute atomic E-state index is 0.00158. The molecule has 4 aromatic carbocycles. The van der Waals surface area contributed by atoms with Crippen LogP contribution in [0.25, 0.3) is 38.7 Å². The molecule has 6 heteroatoms. The van der Waals surface area contributed by atoms with Crippen molar-refractivity contribution in [1.82, 2.24) is 0 Å². The van der Waals surface area contributed by atoms with Gasteiger partial charge in [0.1, 0.15) is 0 Å². The molecule has 2 unspecified atom stereocenters. The van der Waals surface area contributed by atoms with Crippen LogP contribution in [0.15, 0.2) is 94.7 Å². The van der Waals surface area contributed by atoms with Gasteiger partial charge >= 0.3 is 5.89 Å². The number of allylic oxidation sites excluding steroid dienone is 2. The summed E-state index contributed by atoms with van der Waals surface area (Å²) in [5.41, 5.74) is 4.09. The Balaban J connectivity index is 1.47. The van der Waals surface area contributed by atoms with Crippen LogP contribution in [0.1, 0.15) is 64.1 Å². The fourth-order valence-corrected chi connectivity index (χ4v) is 6.66. The highest BCUT2D eigenvalue weighted by Crippen LogP contribution is 2.44. The van der Waals surface area contributed by atoms with E-state index in [0.717, 1.165) is 82.8 Å². The number of oxazole rings is 1. The maximum absolute atomic E-state index is 6.54. The van der Waals surface area contributed by atoms with Crippen molar-refractivity contribution in [3.8, 4) is 5.75 Å². The predicted octanol–water partition coefficient (Wildman–Crippen LogP) is 9.84. The minimum atomic E-state index is 0.00158. The van der Waals surface area contributed by atoms with E-state index in [1.54, 1.807) is 0 Å². The Morgan fingerprint density at radius 3 is 2.15 bits per heavy atom. The van der Waals surface area contributed by atoms with E-state index in [2.05, 4.69) is 115 Å². The Hall–Kier alpha value is -3.35. The molecule has 0 spiro atoms. The normalized spacial score (nSPS) is 16.1. The Morgan fingerprint density at radius 1 is 0.854 bits per heavy atom. The number of anilines is 1. The molecule has 0 amide bonds. The molecule has 2 heterocycles. The third kappa shape index (κ3) is 5.35. The highest BCUT2D eigenvalue weighted by Gasteiger charge is 2.32. The quantitative estimate of drug-likeness (QED) is 0.134. The van der Waals surface area contributed by atoms with Crippen LogP contribution in [0.3, 0.4) is 0 Å². The lowest BCUT2D eigenvalue weighted by Crippen LogP contribution is -2.38. The molecule has 4 nitrogen and oxygen atoms in total. The van der Waals surface area contributed by atoms with E-state index in [1.165, 1.54) is 10.8 Å². The lowest BCUT2D eigenvalue weighted by molar-refractivity contribution is -0.681. The van der Waals surface area contributed by atoms with Crippen LogP contribution in [0.2, 0.25) is 0 Å². The van der Waals surface area contributed by atoms with Crippen LogP contribution in [-0.2, 0) is 0 Å². The summed E-state index contributed by atoms with van der Waals surface area (Å²) in [5, 5.41) is 4.71. The fraction of sp³-hybridized carbons (Fsp3) is 0.286. The van der Waals surface area contributed by atoms with Crippen LogP contribution in [0.5, 0.6) is 5.75 Å². The number of rotatable bonds is 9. The third-order valence-corrected chi connectivity index (χ3v) is 8.77. The van der Waals surface area contributed by atoms with Gasteiger partial charge < -0.3 is 9.15 Å². The molecule has 0 saturated carbocycles. The molecule has 2 atom stereocenters. The zero-order chi connectivity index (χ0) is 28.5. The topological polar surface area (TPSA) is 29.5 Å². The molecule has 5 aromatic rings. The summed E-state index contributed by atoms with van der Waals surface area (Å²) in [6.07, 6.45) is 9.05. The Bertz CT molecular complexity index is 1790. The van der Waals surface area contributed by atoms with Gasteiger partial charge in [0, 0.05) is 18.6 Å². The van der Waals surface area contributed by atoms with Crippen molar-refractivity contribution < 1.29 is 13.7 Å². The first-order chi connectivity index (χ1) is 20.0. The molecule has 1 aliphatic heterocycles. The smallest absolute Gasteiger partial charge is 0.375 e. The highest BCUT2D eigenvalue weighted by atomic mass is 32.1. The second-order valence-electron chi connectivity index (χ2n) is 10.7. The van der Waals surface area contributed by atoms with E-state index < -0.39 is 0 Å². The van der Waals surface area contributed by atoms with Crippen LogP contribution < -0.4 is 14.2 Å². The molecule has 210 valence electrons. The highest BCUT2D eigenvalue weighted by molar-refractivity contribution is 7.81. The average molecular weight is 582 g/mol. The van der Waals surface area contributed by atoms with E-state index in [1.807, 2.05) is 0 Å². The molecule has 0 aliphatic carbocycles. The molecule has 1 aromatic heterocycles. The molecule has 0 saturated heterocycles. The molecular formula is C35H37N2O2S2+. The number of benzene rings is 4. The summed E-state index contributed by atoms with van der Waals surface area (Å²) in [7, 11) is 0. The molecule has 0 fully saturated rings. The van der Waals surface area contributed by atoms with Crippen molar-refractivity contribution >= 4 is 69.7 Å². The van der Waals surface area contributed by atoms with Gasteiger partial charge in [0.15, 0.2) is 5.75 Å². The van der Waals surface area contributed by atoms with Gasteiger partial charge in [-0.05, 0) is 64.6 Å². The zero-order valence-corrected chi connectivity index (χ0v) is 25.7. The predicted molar refractivity (Wildman–Crippen MR) is 178 cm³/mol. The van der Waals surface area contributed by atoms with Crippen molar-refractivity contribution in [2.45, 2.75) is 63.6 Å². The van der Waals surface area contributed by atoms with E-state index in [-0.39, 0.29) is 10.7 Å². The first kappa shape index (κ1) is 27.8. The minimum Gasteiger partial charge on any atom is -0.439 e. The summed E-state index contributed by atoms with van der Waals surface area (Å²) in [5.74, 6) is 2.45. The molecule has 0 N–H and O–H groups in total. The monoisotopic (exact) mass is 581 g/mol. The maximum Gasteiger partial charge on any atom is 0.375 e. The molecule has 1 aliphatic rings. The SMILES string of the molecule is CCCC(S)N1C(=C/C(=C/c2oc3cc4ccccc4cc3[n+]2C(S)CCC)CC)Oc2cc3ccccc3cc21. The first-order valence-corrected chi connectivity index (χ1v) is 15.7. The van der Waals surface area contributed by atoms with E-state index in [4.69, 9.17) is 34.4 Å². The van der Waals surface area contributed by atoms with Crippen LogP contribution in [0, 0.1) is 0 Å². The standard InChI is InChI=1S/C35H36N2O2S2/c1-4-11-34(40)36-28-19-24-13-7-9-15-26(24)21-30(28)38-32(36)17-23(6-3)18-33-37(35(41)12-5-2)29-20-25-14-8-10-16-27(25)22-31(29)39-33/h7-10,13-22,34-35H,4-6,11-12H2,1-3H3,(H-,40,41)/p+1. The number of ether oxygens (including phenoxy) is 1. The molecule has 0 radical (unpaired) electrons. The van der Waals surface area contributed by atoms with Gasteiger partial charge in [-0.3, -0.25) is 4.90 Å². The van der Waals surface area contributed by atoms with Gasteiger partial charge in [-0.1, -0.05) is 75.7 Å². The summed E-state index contributed by atoms with van der Waals surface area (Å²) < 4.78 is 15.3. The van der Waals surface area contributed by atoms with Crippen molar-refractivity contribution in [2.75, 3.05) is 4.90 Å². The number of hydrogen-bond acceptors (Lipinski definition) is 5. The maximum atomic E-state index is 6.54. The Morgan fingerprint density at radius 2 is 1.49 bits per heavy atom. The van der Waals surface area contributed by atoms with Crippen LogP contribution >= 0.6 is 25.3 Å². The van der Waals surface area contributed by atoms with Crippen molar-refractivity contribution in [1.29, 1.82) is 0 Å². The van der Waals surface area contributed by atoms with E-state index in [0.29, 0.717) is 0 Å². The number of nitrogens with zero attached hydrogens (tertiary/aromatic N) is 2. The van der Waals surface area contributed by atoms with Gasteiger partial charge in [-0.25, -0.2) is 0 Å². The van der Waals surface area contributed by atoms with Crippen molar-refractivity contribution in [3.05, 3.63) is 96.2 Å². The van der Waals surface area contributed by atoms with Crippen LogP contribution in [0.4, 0.5) is 5.69 Å². The molecule has 6 rings (SSSR count). The van der Waals surface area contributed by atoms with Crippen LogP contribution in [-0.4, -0.2) is 5.37 Å². The molecule has 41 heavy (non-hydrogen) atoms. The summed E-state index contributed by atoms with van der Waals surface area (Å²) >= 11 is 10.0. The average Bonchev–Trinajstić information content (AvgIpc) is 3.50. The van der Waals surface area contributed by atoms with Gasteiger partial charge in [0.05, 0.1) is 17.1 Å². The second kappa shape index (κ2) is 11.9. The Kier molecular flexibility index (Phi) is 8.05.